The molecule has 2 amide bonds. The Morgan fingerprint density at radius 1 is 1.03 bits per heavy atom. The van der Waals surface area contributed by atoms with E-state index in [2.05, 4.69) is 15.6 Å². The van der Waals surface area contributed by atoms with Crippen molar-refractivity contribution in [1.82, 2.24) is 9.88 Å². The molecule has 3 aromatic rings. The number of nitrogens with two attached hydrogens (primary N) is 1. The SMILES string of the molecule is CN(C)C(=O)c1ccc(Nc2cc(NCc3ccccc3)c(C(N)=O)cn2)cc1. The van der Waals surface area contributed by atoms with Crippen molar-refractivity contribution >= 4 is 29.0 Å². The van der Waals surface area contributed by atoms with Gasteiger partial charge in [-0.2, -0.15) is 0 Å². The predicted octanol–water partition coefficient (Wildman–Crippen LogP) is 3.24. The van der Waals surface area contributed by atoms with Crippen molar-refractivity contribution in [3.63, 3.8) is 0 Å². The van der Waals surface area contributed by atoms with Crippen LogP contribution >= 0.6 is 0 Å². The third-order valence-corrected chi connectivity index (χ3v) is 4.31. The van der Waals surface area contributed by atoms with Crippen molar-refractivity contribution in [1.29, 1.82) is 0 Å². The average Bonchev–Trinajstić information content (AvgIpc) is 2.73. The summed E-state index contributed by atoms with van der Waals surface area (Å²) < 4.78 is 0. The van der Waals surface area contributed by atoms with Crippen LogP contribution in [-0.2, 0) is 6.54 Å². The molecule has 1 heterocycles. The Labute approximate surface area is 169 Å². The van der Waals surface area contributed by atoms with Crippen LogP contribution < -0.4 is 16.4 Å². The molecule has 1 aromatic heterocycles. The Bertz CT molecular complexity index is 1000. The van der Waals surface area contributed by atoms with Crippen LogP contribution in [0.25, 0.3) is 0 Å². The minimum Gasteiger partial charge on any atom is -0.380 e. The smallest absolute Gasteiger partial charge is 0.253 e. The van der Waals surface area contributed by atoms with Crippen molar-refractivity contribution in [3.05, 3.63) is 83.6 Å². The van der Waals surface area contributed by atoms with Crippen LogP contribution in [0.1, 0.15) is 26.3 Å². The van der Waals surface area contributed by atoms with Gasteiger partial charge in [-0.05, 0) is 29.8 Å². The lowest BCUT2D eigenvalue weighted by Crippen LogP contribution is -2.21. The lowest BCUT2D eigenvalue weighted by molar-refractivity contribution is 0.0827. The number of benzene rings is 2. The number of hydrogen-bond acceptors (Lipinski definition) is 5. The molecule has 0 spiro atoms. The molecule has 7 heteroatoms. The van der Waals surface area contributed by atoms with E-state index in [0.717, 1.165) is 11.3 Å². The number of carbonyl (C=O) groups is 2. The Morgan fingerprint density at radius 2 is 1.72 bits per heavy atom. The maximum atomic E-state index is 12.0. The maximum Gasteiger partial charge on any atom is 0.253 e. The Morgan fingerprint density at radius 3 is 2.34 bits per heavy atom. The number of nitrogens with one attached hydrogen (secondary N) is 2. The Balaban J connectivity index is 1.77. The van der Waals surface area contributed by atoms with Gasteiger partial charge in [-0.15, -0.1) is 0 Å². The molecule has 0 radical (unpaired) electrons. The quantitative estimate of drug-likeness (QED) is 0.576. The standard InChI is InChI=1S/C22H23N5O2/c1-27(2)22(29)16-8-10-17(11-9-16)26-20-12-19(18(14-25-20)21(23)28)24-13-15-6-4-3-5-7-15/h3-12,14H,13H2,1-2H3,(H2,23,28)(H2,24,25,26). The first-order valence-corrected chi connectivity index (χ1v) is 9.10. The van der Waals surface area contributed by atoms with Gasteiger partial charge in [0.25, 0.3) is 11.8 Å². The molecule has 0 saturated carbocycles. The lowest BCUT2D eigenvalue weighted by Gasteiger charge is -2.13. The molecule has 0 aliphatic carbocycles. The molecule has 2 aromatic carbocycles. The number of pyridine rings is 1. The van der Waals surface area contributed by atoms with Crippen LogP contribution in [0.5, 0.6) is 0 Å². The molecule has 0 saturated heterocycles. The van der Waals surface area contributed by atoms with Crippen LogP contribution in [0.3, 0.4) is 0 Å². The lowest BCUT2D eigenvalue weighted by atomic mass is 10.1. The molecular weight excluding hydrogens is 366 g/mol. The monoisotopic (exact) mass is 389 g/mol. The highest BCUT2D eigenvalue weighted by Gasteiger charge is 2.11. The van der Waals surface area contributed by atoms with Crippen molar-refractivity contribution in [2.24, 2.45) is 5.73 Å². The van der Waals surface area contributed by atoms with E-state index in [9.17, 15) is 9.59 Å². The van der Waals surface area contributed by atoms with Gasteiger partial charge in [0.05, 0.1) is 11.3 Å². The predicted molar refractivity (Wildman–Crippen MR) is 114 cm³/mol. The summed E-state index contributed by atoms with van der Waals surface area (Å²) in [4.78, 5) is 29.5. The average molecular weight is 389 g/mol. The zero-order chi connectivity index (χ0) is 20.8. The zero-order valence-electron chi connectivity index (χ0n) is 16.3. The van der Waals surface area contributed by atoms with Crippen LogP contribution in [0, 0.1) is 0 Å². The van der Waals surface area contributed by atoms with Gasteiger partial charge in [-0.25, -0.2) is 4.98 Å². The van der Waals surface area contributed by atoms with E-state index in [1.54, 1.807) is 44.4 Å². The second kappa shape index (κ2) is 8.88. The van der Waals surface area contributed by atoms with E-state index >= 15 is 0 Å². The number of aromatic nitrogens is 1. The van der Waals surface area contributed by atoms with Gasteiger partial charge in [0.1, 0.15) is 5.82 Å². The second-order valence-corrected chi connectivity index (χ2v) is 6.72. The highest BCUT2D eigenvalue weighted by Crippen LogP contribution is 2.22. The molecule has 0 atom stereocenters. The van der Waals surface area contributed by atoms with Crippen molar-refractivity contribution in [2.75, 3.05) is 24.7 Å². The molecule has 0 bridgehead atoms. The Kier molecular flexibility index (Phi) is 6.09. The van der Waals surface area contributed by atoms with Gasteiger partial charge in [-0.3, -0.25) is 9.59 Å². The van der Waals surface area contributed by atoms with Gasteiger partial charge >= 0.3 is 0 Å². The first-order valence-electron chi connectivity index (χ1n) is 9.10. The highest BCUT2D eigenvalue weighted by molar-refractivity contribution is 5.98. The van der Waals surface area contributed by atoms with Gasteiger partial charge < -0.3 is 21.3 Å². The molecule has 0 fully saturated rings. The summed E-state index contributed by atoms with van der Waals surface area (Å²) >= 11 is 0. The van der Waals surface area contributed by atoms with E-state index < -0.39 is 5.91 Å². The number of carbonyl (C=O) groups excluding carboxylic acids is 2. The number of amides is 2. The van der Waals surface area contributed by atoms with Crippen molar-refractivity contribution in [3.8, 4) is 0 Å². The van der Waals surface area contributed by atoms with E-state index in [4.69, 9.17) is 5.73 Å². The van der Waals surface area contributed by atoms with Gasteiger partial charge in [0.15, 0.2) is 0 Å². The fourth-order valence-corrected chi connectivity index (χ4v) is 2.76. The topological polar surface area (TPSA) is 100 Å². The largest absolute Gasteiger partial charge is 0.380 e. The number of anilines is 3. The van der Waals surface area contributed by atoms with Gasteiger partial charge in [-0.1, -0.05) is 30.3 Å². The highest BCUT2D eigenvalue weighted by atomic mass is 16.2. The van der Waals surface area contributed by atoms with Crippen molar-refractivity contribution in [2.45, 2.75) is 6.54 Å². The molecule has 7 nitrogen and oxygen atoms in total. The third-order valence-electron chi connectivity index (χ3n) is 4.31. The molecule has 0 unspecified atom stereocenters. The summed E-state index contributed by atoms with van der Waals surface area (Å²) in [6, 6.07) is 18.7. The normalized spacial score (nSPS) is 10.3. The minimum atomic E-state index is -0.550. The molecule has 3 rings (SSSR count). The molecule has 0 aliphatic rings. The summed E-state index contributed by atoms with van der Waals surface area (Å²) in [6.07, 6.45) is 1.45. The van der Waals surface area contributed by atoms with Crippen LogP contribution in [0.2, 0.25) is 0 Å². The van der Waals surface area contributed by atoms with Crippen LogP contribution in [0.4, 0.5) is 17.2 Å². The number of primary amides is 1. The first-order chi connectivity index (χ1) is 13.9. The van der Waals surface area contributed by atoms with Gasteiger partial charge in [0.2, 0.25) is 0 Å². The minimum absolute atomic E-state index is 0.0621. The zero-order valence-corrected chi connectivity index (χ0v) is 16.3. The third kappa shape index (κ3) is 5.10. The second-order valence-electron chi connectivity index (χ2n) is 6.72. The van der Waals surface area contributed by atoms with Crippen LogP contribution in [0.15, 0.2) is 66.9 Å². The molecule has 148 valence electrons. The molecule has 29 heavy (non-hydrogen) atoms. The van der Waals surface area contributed by atoms with E-state index in [-0.39, 0.29) is 5.91 Å². The summed E-state index contributed by atoms with van der Waals surface area (Å²) in [5.41, 5.74) is 8.84. The summed E-state index contributed by atoms with van der Waals surface area (Å²) in [5.74, 6) is -0.0590. The fourth-order valence-electron chi connectivity index (χ4n) is 2.76. The number of hydrogen-bond donors (Lipinski definition) is 3. The summed E-state index contributed by atoms with van der Waals surface area (Å²) in [5, 5.41) is 6.42. The van der Waals surface area contributed by atoms with E-state index in [1.807, 2.05) is 30.3 Å². The molecule has 0 aliphatic heterocycles. The van der Waals surface area contributed by atoms with Crippen molar-refractivity contribution < 1.29 is 9.59 Å². The van der Waals surface area contributed by atoms with Crippen LogP contribution in [-0.4, -0.2) is 35.8 Å². The van der Waals surface area contributed by atoms with Gasteiger partial charge in [0, 0.05) is 44.2 Å². The van der Waals surface area contributed by atoms with E-state index in [1.165, 1.54) is 11.1 Å². The Hall–Kier alpha value is -3.87. The van der Waals surface area contributed by atoms with E-state index in [0.29, 0.717) is 29.2 Å². The molecular formula is C22H23N5O2. The number of nitrogens with zero attached hydrogens (tertiary/aromatic N) is 2. The maximum absolute atomic E-state index is 12.0. The summed E-state index contributed by atoms with van der Waals surface area (Å²) in [6.45, 7) is 0.548. The fraction of sp³-hybridized carbons (Fsp3) is 0.136. The number of rotatable bonds is 7. The molecule has 4 N–H and O–H groups in total. The summed E-state index contributed by atoms with van der Waals surface area (Å²) in [7, 11) is 3.42. The first kappa shape index (κ1) is 19.9.